The van der Waals surface area contributed by atoms with Gasteiger partial charge >= 0.3 is 12.0 Å². The number of methoxy groups -OCH3 is 2. The Hall–Kier alpha value is -6.14. The summed E-state index contributed by atoms with van der Waals surface area (Å²) in [5.74, 6) is 1.51. The Bertz CT molecular complexity index is 3010. The molecule has 1 atom stereocenters. The number of likely N-dealkylation sites (tertiary alicyclic amines) is 1. The molecule has 11 rings (SSSR count). The summed E-state index contributed by atoms with van der Waals surface area (Å²) in [5, 5.41) is 16.1. The fourth-order valence-electron chi connectivity index (χ4n) is 13.1. The average molecular weight is 1060 g/mol. The van der Waals surface area contributed by atoms with Gasteiger partial charge in [0.2, 0.25) is 5.91 Å². The molecular weight excluding hydrogens is 980 g/mol. The van der Waals surface area contributed by atoms with Crippen LogP contribution in [0.25, 0.3) is 32.8 Å². The summed E-state index contributed by atoms with van der Waals surface area (Å²) in [6.45, 7) is 13.3. The molecule has 4 amide bonds. The number of piperazine rings is 1. The van der Waals surface area contributed by atoms with Crippen molar-refractivity contribution in [2.24, 2.45) is 16.7 Å². The number of imide groups is 1. The molecule has 0 bridgehead atoms. The van der Waals surface area contributed by atoms with E-state index in [1.54, 1.807) is 25.3 Å². The Kier molecular flexibility index (Phi) is 15.1. The monoisotopic (exact) mass is 1050 g/mol. The van der Waals surface area contributed by atoms with E-state index in [0.717, 1.165) is 113 Å². The number of amides is 4. The smallest absolute Gasteiger partial charge is 0.328 e. The summed E-state index contributed by atoms with van der Waals surface area (Å²) < 4.78 is 40.8. The Labute approximate surface area is 451 Å². The third kappa shape index (κ3) is 11.3. The van der Waals surface area contributed by atoms with Gasteiger partial charge in [-0.2, -0.15) is 9.97 Å². The summed E-state index contributed by atoms with van der Waals surface area (Å²) in [6.07, 6.45) is 11.4. The number of carbonyl (C=O) groups is 3. The molecule has 1 spiro atoms. The second-order valence-electron chi connectivity index (χ2n) is 23.3. The Balaban J connectivity index is 0.700. The zero-order chi connectivity index (χ0) is 53.5. The number of aromatic nitrogens is 2. The predicted octanol–water partition coefficient (Wildman–Crippen LogP) is 8.83. The summed E-state index contributed by atoms with van der Waals surface area (Å²) >= 11 is 0. The molecule has 1 aromatic heterocycles. The van der Waals surface area contributed by atoms with Crippen LogP contribution < -0.4 is 29.3 Å². The van der Waals surface area contributed by atoms with Crippen molar-refractivity contribution in [1.82, 2.24) is 30.0 Å². The molecule has 4 aromatic carbocycles. The lowest BCUT2D eigenvalue weighted by atomic mass is 9.65. The van der Waals surface area contributed by atoms with Crippen LogP contribution in [-0.4, -0.2) is 153 Å². The maximum atomic E-state index is 17.5. The topological polar surface area (TPSA) is 162 Å². The van der Waals surface area contributed by atoms with E-state index in [-0.39, 0.29) is 53.9 Å². The molecule has 6 aliphatic rings. The zero-order valence-corrected chi connectivity index (χ0v) is 45.3. The van der Waals surface area contributed by atoms with Gasteiger partial charge in [0.05, 0.1) is 25.0 Å². The van der Waals surface area contributed by atoms with Crippen molar-refractivity contribution in [1.29, 1.82) is 0 Å². The summed E-state index contributed by atoms with van der Waals surface area (Å²) in [5.41, 5.74) is 2.80. The van der Waals surface area contributed by atoms with Gasteiger partial charge in [-0.3, -0.25) is 19.8 Å². The largest absolute Gasteiger partial charge is 0.495 e. The van der Waals surface area contributed by atoms with Crippen molar-refractivity contribution in [2.75, 3.05) is 109 Å². The molecule has 410 valence electrons. The summed E-state index contributed by atoms with van der Waals surface area (Å²) in [7, 11) is 3.11. The van der Waals surface area contributed by atoms with Crippen LogP contribution in [0, 0.1) is 22.6 Å². The van der Waals surface area contributed by atoms with Crippen molar-refractivity contribution in [3.63, 3.8) is 0 Å². The van der Waals surface area contributed by atoms with Crippen LogP contribution in [0.5, 0.6) is 17.5 Å². The predicted molar refractivity (Wildman–Crippen MR) is 294 cm³/mol. The molecule has 2 saturated carbocycles. The highest BCUT2D eigenvalue weighted by Gasteiger charge is 2.46. The number of β-amino-alcohol motifs (C(OH)–C–C–N with tert-alkyl or cyclic N) is 1. The number of aliphatic hydroxyl groups is 1. The highest BCUT2D eigenvalue weighted by molar-refractivity contribution is 6.07. The Morgan fingerprint density at radius 1 is 0.844 bits per heavy atom. The highest BCUT2D eigenvalue weighted by atomic mass is 19.1. The fraction of sp³-hybridized carbons (Fsp3) is 0.550. The second-order valence-corrected chi connectivity index (χ2v) is 23.3. The molecule has 5 aromatic rings. The lowest BCUT2D eigenvalue weighted by Crippen LogP contribution is -2.50. The van der Waals surface area contributed by atoms with Crippen LogP contribution in [0.1, 0.15) is 100 Å². The number of benzene rings is 4. The maximum Gasteiger partial charge on any atom is 0.328 e. The Morgan fingerprint density at radius 2 is 1.62 bits per heavy atom. The quantitative estimate of drug-likeness (QED) is 0.0903. The van der Waals surface area contributed by atoms with Crippen LogP contribution in [0.15, 0.2) is 60.7 Å². The summed E-state index contributed by atoms with van der Waals surface area (Å²) in [4.78, 5) is 58.9. The first kappa shape index (κ1) is 52.9. The second kappa shape index (κ2) is 21.9. The molecule has 6 fully saturated rings. The van der Waals surface area contributed by atoms with E-state index in [1.807, 2.05) is 48.2 Å². The van der Waals surface area contributed by atoms with E-state index >= 15 is 4.39 Å². The SMILES string of the molecule is CCc1cccc2cc(OCOC)cc(-c3ccc4c(N5CCC[C@@](C)(O)C5)nc(OCC5(CN6CCN(CC7CCC8(CC7)CCN(C(=O)c7ccc(OC)c(N9CCC(=O)NC9=O)c7)CC8)CC6)CC5)nc4c3F)c12. The number of hydrogen-bond donors (Lipinski definition) is 2. The first-order chi connectivity index (χ1) is 37.2. The van der Waals surface area contributed by atoms with Gasteiger partial charge in [0.25, 0.3) is 5.91 Å². The number of piperidine rings is 2. The fourth-order valence-corrected chi connectivity index (χ4v) is 13.1. The number of carbonyl (C=O) groups excluding carboxylic acids is 3. The molecule has 2 aliphatic carbocycles. The van der Waals surface area contributed by atoms with Gasteiger partial charge in [-0.15, -0.1) is 0 Å². The van der Waals surface area contributed by atoms with E-state index in [1.165, 1.54) is 37.7 Å². The Morgan fingerprint density at radius 3 is 2.34 bits per heavy atom. The number of anilines is 2. The zero-order valence-electron chi connectivity index (χ0n) is 45.3. The number of fused-ring (bicyclic) bond motifs is 2. The highest BCUT2D eigenvalue weighted by Crippen LogP contribution is 2.49. The van der Waals surface area contributed by atoms with Gasteiger partial charge in [0.1, 0.15) is 22.8 Å². The van der Waals surface area contributed by atoms with Crippen molar-refractivity contribution in [3.8, 4) is 28.6 Å². The number of hydrogen-bond acceptors (Lipinski definition) is 13. The van der Waals surface area contributed by atoms with Crippen molar-refractivity contribution >= 4 is 51.0 Å². The average Bonchev–Trinajstić information content (AvgIpc) is 4.23. The molecule has 5 heterocycles. The van der Waals surface area contributed by atoms with Crippen molar-refractivity contribution < 1.29 is 42.8 Å². The van der Waals surface area contributed by atoms with Crippen LogP contribution in [-0.2, 0) is 16.0 Å². The number of aryl methyl sites for hydroxylation is 1. The van der Waals surface area contributed by atoms with Crippen LogP contribution in [0.4, 0.5) is 20.7 Å². The molecular formula is C60H75FN8O8. The standard InChI is InChI=1S/C60H75FN8O8/c1-5-41-8-6-9-42-32-44(77-39-74-3)34-47(51(41)42)45-11-12-46-53(52(45)61)63-56(64-54(46)68-24-7-17-58(2,73)36-68)76-38-60(20-21-60)37-66-30-28-65(29-31-66)35-40-14-18-59(19-15-40)22-26-67(27-23-59)55(71)43-10-13-49(75-4)48(33-43)69-25-16-50(70)62-57(69)72/h6,8-13,32-34,40,73H,5,7,14-31,35-39H2,1-4H3,(H,62,70,72)/t58-/m1/s1. The first-order valence-corrected chi connectivity index (χ1v) is 28.1. The molecule has 4 aliphatic heterocycles. The molecule has 0 radical (unpaired) electrons. The minimum Gasteiger partial charge on any atom is -0.495 e. The maximum absolute atomic E-state index is 17.5. The number of rotatable bonds is 16. The summed E-state index contributed by atoms with van der Waals surface area (Å²) in [6, 6.07) is 18.6. The van der Waals surface area contributed by atoms with Crippen LogP contribution in [0.3, 0.4) is 0 Å². The van der Waals surface area contributed by atoms with Crippen molar-refractivity contribution in [3.05, 3.63) is 77.6 Å². The van der Waals surface area contributed by atoms with Gasteiger partial charge in [0.15, 0.2) is 12.6 Å². The van der Waals surface area contributed by atoms with Gasteiger partial charge in [-0.05, 0) is 147 Å². The van der Waals surface area contributed by atoms with Crippen LogP contribution >= 0.6 is 0 Å². The van der Waals surface area contributed by atoms with Gasteiger partial charge < -0.3 is 43.7 Å². The number of urea groups is 1. The molecule has 16 nitrogen and oxygen atoms in total. The third-order valence-corrected chi connectivity index (χ3v) is 17.8. The van der Waals surface area contributed by atoms with Crippen LogP contribution in [0.2, 0.25) is 0 Å². The van der Waals surface area contributed by atoms with E-state index in [0.29, 0.717) is 71.6 Å². The minimum absolute atomic E-state index is 0.0165. The minimum atomic E-state index is -0.910. The molecule has 17 heteroatoms. The van der Waals surface area contributed by atoms with Gasteiger partial charge in [-0.25, -0.2) is 9.18 Å². The normalized spacial score (nSPS) is 22.2. The van der Waals surface area contributed by atoms with Gasteiger partial charge in [0, 0.05) is 107 Å². The molecule has 0 unspecified atom stereocenters. The molecule has 4 saturated heterocycles. The van der Waals surface area contributed by atoms with E-state index < -0.39 is 17.4 Å². The lowest BCUT2D eigenvalue weighted by molar-refractivity contribution is -0.120. The number of nitrogens with zero attached hydrogens (tertiary/aromatic N) is 7. The molecule has 2 N–H and O–H groups in total. The lowest BCUT2D eigenvalue weighted by Gasteiger charge is -2.47. The van der Waals surface area contributed by atoms with E-state index in [9.17, 15) is 19.5 Å². The number of nitrogens with one attached hydrogen (secondary N) is 1. The van der Waals surface area contributed by atoms with E-state index in [2.05, 4.69) is 33.0 Å². The van der Waals surface area contributed by atoms with Crippen molar-refractivity contribution in [2.45, 2.75) is 96.5 Å². The first-order valence-electron chi connectivity index (χ1n) is 28.1. The third-order valence-electron chi connectivity index (χ3n) is 17.8. The van der Waals surface area contributed by atoms with E-state index in [4.69, 9.17) is 28.9 Å². The number of halogens is 1. The number of ether oxygens (including phenoxy) is 4. The van der Waals surface area contributed by atoms with Gasteiger partial charge in [-0.1, -0.05) is 31.2 Å². The molecule has 77 heavy (non-hydrogen) atoms.